The summed E-state index contributed by atoms with van der Waals surface area (Å²) in [5, 5.41) is 0. The highest BCUT2D eigenvalue weighted by atomic mass is 16.3. The molecule has 0 fully saturated rings. The van der Waals surface area contributed by atoms with Gasteiger partial charge >= 0.3 is 5.69 Å². The molecule has 1 amide bonds. The number of aromatic amines is 1. The summed E-state index contributed by atoms with van der Waals surface area (Å²) in [6.45, 7) is 2.22. The zero-order chi connectivity index (χ0) is 20.1. The molecule has 0 aliphatic carbocycles. The Hall–Kier alpha value is -3.69. The molecule has 0 atom stereocenters. The SMILES string of the molecule is CCCCn1c(N)c(N(Cc2ccco2)C(=O)c2cnccn2)c(=O)[nH]c1=O. The number of nitrogens with one attached hydrogen (secondary N) is 1. The van der Waals surface area contributed by atoms with Crippen molar-refractivity contribution in [3.63, 3.8) is 0 Å². The molecule has 28 heavy (non-hydrogen) atoms. The Labute approximate surface area is 159 Å². The first kappa shape index (κ1) is 19.1. The fraction of sp³-hybridized carbons (Fsp3) is 0.278. The van der Waals surface area contributed by atoms with Crippen molar-refractivity contribution in [2.45, 2.75) is 32.9 Å². The van der Waals surface area contributed by atoms with Crippen LogP contribution in [0.25, 0.3) is 0 Å². The van der Waals surface area contributed by atoms with Gasteiger partial charge < -0.3 is 10.2 Å². The van der Waals surface area contributed by atoms with E-state index >= 15 is 0 Å². The molecule has 146 valence electrons. The van der Waals surface area contributed by atoms with Crippen LogP contribution in [0.1, 0.15) is 36.0 Å². The number of amides is 1. The molecule has 10 nitrogen and oxygen atoms in total. The first-order chi connectivity index (χ1) is 13.5. The van der Waals surface area contributed by atoms with Gasteiger partial charge in [0.2, 0.25) is 0 Å². The molecule has 3 aromatic rings. The normalized spacial score (nSPS) is 10.8. The number of unbranched alkanes of at least 4 members (excludes halogenated alkanes) is 1. The Morgan fingerprint density at radius 3 is 2.82 bits per heavy atom. The van der Waals surface area contributed by atoms with Crippen molar-refractivity contribution < 1.29 is 9.21 Å². The van der Waals surface area contributed by atoms with Crippen LogP contribution in [-0.4, -0.2) is 25.4 Å². The average Bonchev–Trinajstić information content (AvgIpc) is 3.20. The van der Waals surface area contributed by atoms with E-state index in [0.717, 1.165) is 11.3 Å². The van der Waals surface area contributed by atoms with E-state index < -0.39 is 17.2 Å². The van der Waals surface area contributed by atoms with Gasteiger partial charge in [-0.3, -0.25) is 29.0 Å². The Morgan fingerprint density at radius 1 is 1.36 bits per heavy atom. The van der Waals surface area contributed by atoms with E-state index in [1.165, 1.54) is 29.4 Å². The third-order valence-electron chi connectivity index (χ3n) is 4.14. The zero-order valence-electron chi connectivity index (χ0n) is 15.3. The predicted octanol–water partition coefficient (Wildman–Crippen LogP) is 1.15. The van der Waals surface area contributed by atoms with Crippen LogP contribution in [0, 0.1) is 0 Å². The van der Waals surface area contributed by atoms with E-state index in [1.807, 2.05) is 6.92 Å². The minimum absolute atomic E-state index is 0.0270. The lowest BCUT2D eigenvalue weighted by molar-refractivity contribution is 0.0977. The molecule has 0 unspecified atom stereocenters. The highest BCUT2D eigenvalue weighted by Crippen LogP contribution is 2.22. The first-order valence-corrected chi connectivity index (χ1v) is 8.75. The largest absolute Gasteiger partial charge is 0.467 e. The van der Waals surface area contributed by atoms with E-state index in [4.69, 9.17) is 10.2 Å². The molecular weight excluding hydrogens is 364 g/mol. The molecule has 0 aliphatic rings. The molecule has 0 radical (unpaired) electrons. The topological polar surface area (TPSA) is 140 Å². The molecule has 10 heteroatoms. The van der Waals surface area contributed by atoms with Gasteiger partial charge in [0, 0.05) is 18.9 Å². The van der Waals surface area contributed by atoms with Gasteiger partial charge in [0.1, 0.15) is 17.3 Å². The molecule has 3 N–H and O–H groups in total. The molecule has 3 aromatic heterocycles. The zero-order valence-corrected chi connectivity index (χ0v) is 15.3. The number of hydrogen-bond acceptors (Lipinski definition) is 7. The lowest BCUT2D eigenvalue weighted by atomic mass is 10.2. The Bertz CT molecular complexity index is 1060. The molecule has 0 aromatic carbocycles. The number of aromatic nitrogens is 4. The van der Waals surface area contributed by atoms with Crippen molar-refractivity contribution in [2.75, 3.05) is 10.6 Å². The van der Waals surface area contributed by atoms with Crippen molar-refractivity contribution in [1.82, 2.24) is 19.5 Å². The second-order valence-electron chi connectivity index (χ2n) is 6.06. The average molecular weight is 384 g/mol. The quantitative estimate of drug-likeness (QED) is 0.622. The summed E-state index contributed by atoms with van der Waals surface area (Å²) in [5.74, 6) is -0.254. The fourth-order valence-corrected chi connectivity index (χ4v) is 2.74. The van der Waals surface area contributed by atoms with Crippen molar-refractivity contribution in [3.8, 4) is 0 Å². The highest BCUT2D eigenvalue weighted by Gasteiger charge is 2.27. The predicted molar refractivity (Wildman–Crippen MR) is 102 cm³/mol. The molecule has 0 saturated carbocycles. The third kappa shape index (κ3) is 3.85. The second-order valence-corrected chi connectivity index (χ2v) is 6.06. The summed E-state index contributed by atoms with van der Waals surface area (Å²) in [7, 11) is 0. The van der Waals surface area contributed by atoms with Gasteiger partial charge in [0.25, 0.3) is 11.5 Å². The van der Waals surface area contributed by atoms with Crippen molar-refractivity contribution in [3.05, 3.63) is 69.3 Å². The number of rotatable bonds is 7. The summed E-state index contributed by atoms with van der Waals surface area (Å²) in [6, 6.07) is 3.32. The summed E-state index contributed by atoms with van der Waals surface area (Å²) in [4.78, 5) is 49.1. The Balaban J connectivity index is 2.13. The van der Waals surface area contributed by atoms with Gasteiger partial charge in [-0.2, -0.15) is 0 Å². The van der Waals surface area contributed by atoms with Gasteiger partial charge in [0.15, 0.2) is 5.69 Å². The maximum atomic E-state index is 13.1. The second kappa shape index (κ2) is 8.33. The Kier molecular flexibility index (Phi) is 5.68. The van der Waals surface area contributed by atoms with Crippen molar-refractivity contribution >= 4 is 17.4 Å². The molecule has 0 aliphatic heterocycles. The standard InChI is InChI=1S/C18H20N6O4/c1-2-3-8-23-15(19)14(16(25)22-18(23)27)24(11-12-5-4-9-28-12)17(26)13-10-20-6-7-21-13/h4-7,9-10H,2-3,8,11,19H2,1H3,(H,22,25,27). The molecular formula is C18H20N6O4. The number of anilines is 2. The van der Waals surface area contributed by atoms with Crippen LogP contribution in [0.3, 0.4) is 0 Å². The van der Waals surface area contributed by atoms with Crippen molar-refractivity contribution in [1.29, 1.82) is 0 Å². The van der Waals surface area contributed by atoms with Crippen LogP contribution < -0.4 is 21.9 Å². The highest BCUT2D eigenvalue weighted by molar-refractivity contribution is 6.05. The first-order valence-electron chi connectivity index (χ1n) is 8.75. The summed E-state index contributed by atoms with van der Waals surface area (Å²) < 4.78 is 6.57. The fourth-order valence-electron chi connectivity index (χ4n) is 2.74. The van der Waals surface area contributed by atoms with Gasteiger partial charge in [-0.1, -0.05) is 13.3 Å². The number of furan rings is 1. The summed E-state index contributed by atoms with van der Waals surface area (Å²) in [5.41, 5.74) is 4.66. The summed E-state index contributed by atoms with van der Waals surface area (Å²) in [6.07, 6.45) is 7.06. The number of carbonyl (C=O) groups excluding carboxylic acids is 1. The van der Waals surface area contributed by atoms with E-state index in [1.54, 1.807) is 12.1 Å². The summed E-state index contributed by atoms with van der Waals surface area (Å²) >= 11 is 0. The van der Waals surface area contributed by atoms with E-state index in [0.29, 0.717) is 18.7 Å². The van der Waals surface area contributed by atoms with Crippen LogP contribution in [0.5, 0.6) is 0 Å². The molecule has 3 rings (SSSR count). The molecule has 0 saturated heterocycles. The number of carbonyl (C=O) groups is 1. The maximum absolute atomic E-state index is 13.1. The lowest BCUT2D eigenvalue weighted by Gasteiger charge is -2.23. The number of H-pyrrole nitrogens is 1. The van der Waals surface area contributed by atoms with Gasteiger partial charge in [-0.25, -0.2) is 9.78 Å². The minimum Gasteiger partial charge on any atom is -0.467 e. The van der Waals surface area contributed by atoms with Gasteiger partial charge in [0.05, 0.1) is 19.0 Å². The maximum Gasteiger partial charge on any atom is 0.330 e. The molecule has 3 heterocycles. The van der Waals surface area contributed by atoms with E-state index in [9.17, 15) is 14.4 Å². The van der Waals surface area contributed by atoms with Crippen LogP contribution in [-0.2, 0) is 13.1 Å². The monoisotopic (exact) mass is 384 g/mol. The van der Waals surface area contributed by atoms with Crippen LogP contribution in [0.2, 0.25) is 0 Å². The smallest absolute Gasteiger partial charge is 0.330 e. The van der Waals surface area contributed by atoms with Crippen molar-refractivity contribution in [2.24, 2.45) is 0 Å². The molecule has 0 spiro atoms. The third-order valence-corrected chi connectivity index (χ3v) is 4.14. The van der Waals surface area contributed by atoms with Gasteiger partial charge in [-0.15, -0.1) is 0 Å². The number of hydrogen-bond donors (Lipinski definition) is 2. The number of nitrogens with two attached hydrogens (primary N) is 1. The number of nitrogens with zero attached hydrogens (tertiary/aromatic N) is 4. The Morgan fingerprint density at radius 2 is 2.18 bits per heavy atom. The van der Waals surface area contributed by atoms with E-state index in [2.05, 4.69) is 15.0 Å². The number of nitrogen functional groups attached to an aromatic ring is 1. The van der Waals surface area contributed by atoms with Crippen LogP contribution >= 0.6 is 0 Å². The van der Waals surface area contributed by atoms with E-state index in [-0.39, 0.29) is 23.7 Å². The lowest BCUT2D eigenvalue weighted by Crippen LogP contribution is -2.41. The van der Waals surface area contributed by atoms with Crippen LogP contribution in [0.15, 0.2) is 51.0 Å². The van der Waals surface area contributed by atoms with Gasteiger partial charge in [-0.05, 0) is 18.6 Å². The van der Waals surface area contributed by atoms with Crippen LogP contribution in [0.4, 0.5) is 11.5 Å². The molecule has 0 bridgehead atoms. The minimum atomic E-state index is -0.765.